The Morgan fingerprint density at radius 3 is 2.68 bits per heavy atom. The van der Waals surface area contributed by atoms with E-state index in [1.165, 1.54) is 11.3 Å². The molecule has 3 rings (SSSR count). The zero-order valence-corrected chi connectivity index (χ0v) is 10.9. The molecular weight excluding hydrogens is 264 g/mol. The molecule has 1 N–H and O–H groups in total. The summed E-state index contributed by atoms with van der Waals surface area (Å²) in [4.78, 5) is 11.8. The molecule has 0 atom stereocenters. The van der Waals surface area contributed by atoms with E-state index < -0.39 is 5.97 Å². The highest BCUT2D eigenvalue weighted by Crippen LogP contribution is 2.36. The number of ether oxygens (including phenoxy) is 2. The van der Waals surface area contributed by atoms with Gasteiger partial charge in [-0.3, -0.25) is 0 Å². The summed E-state index contributed by atoms with van der Waals surface area (Å²) in [6, 6.07) is 7.37. The quantitative estimate of drug-likeness (QED) is 0.914. The van der Waals surface area contributed by atoms with E-state index in [0.717, 1.165) is 28.4 Å². The number of carbonyl (C=O) groups is 1. The number of carboxylic acids is 1. The number of benzene rings is 1. The Morgan fingerprint density at radius 1 is 1.16 bits per heavy atom. The smallest absolute Gasteiger partial charge is 0.336 e. The third-order valence-electron chi connectivity index (χ3n) is 2.88. The van der Waals surface area contributed by atoms with Gasteiger partial charge in [-0.2, -0.15) is 0 Å². The van der Waals surface area contributed by atoms with Crippen LogP contribution >= 0.6 is 11.3 Å². The van der Waals surface area contributed by atoms with Crippen molar-refractivity contribution < 1.29 is 19.4 Å². The zero-order valence-electron chi connectivity index (χ0n) is 10.1. The van der Waals surface area contributed by atoms with Crippen LogP contribution in [0.3, 0.4) is 0 Å². The summed E-state index contributed by atoms with van der Waals surface area (Å²) in [5.74, 6) is 0.563. The molecule has 0 amide bonds. The Balaban J connectivity index is 1.96. The summed E-state index contributed by atoms with van der Waals surface area (Å²) in [5, 5.41) is 10.6. The van der Waals surface area contributed by atoms with Crippen molar-refractivity contribution in [2.24, 2.45) is 0 Å². The molecule has 0 saturated carbocycles. The largest absolute Gasteiger partial charge is 0.490 e. The monoisotopic (exact) mass is 276 g/mol. The number of carboxylic acid groups (broad SMARTS) is 1. The Kier molecular flexibility index (Phi) is 3.13. The predicted octanol–water partition coefficient (Wildman–Crippen LogP) is 3.27. The van der Waals surface area contributed by atoms with Crippen LogP contribution < -0.4 is 9.47 Å². The van der Waals surface area contributed by atoms with E-state index >= 15 is 0 Å². The molecule has 19 heavy (non-hydrogen) atoms. The van der Waals surface area contributed by atoms with Crippen molar-refractivity contribution in [1.29, 1.82) is 0 Å². The number of hydrogen-bond donors (Lipinski definition) is 1. The first-order chi connectivity index (χ1) is 9.24. The van der Waals surface area contributed by atoms with Crippen LogP contribution in [0.15, 0.2) is 29.6 Å². The van der Waals surface area contributed by atoms with Gasteiger partial charge in [0.15, 0.2) is 11.5 Å². The molecule has 5 heteroatoms. The van der Waals surface area contributed by atoms with Gasteiger partial charge in [-0.15, -0.1) is 11.3 Å². The maximum absolute atomic E-state index is 10.9. The van der Waals surface area contributed by atoms with Crippen molar-refractivity contribution in [3.63, 3.8) is 0 Å². The van der Waals surface area contributed by atoms with Crippen LogP contribution in [0.2, 0.25) is 0 Å². The average Bonchev–Trinajstić information content (AvgIpc) is 2.78. The molecule has 0 bridgehead atoms. The van der Waals surface area contributed by atoms with Crippen LogP contribution in [-0.2, 0) is 0 Å². The van der Waals surface area contributed by atoms with Gasteiger partial charge >= 0.3 is 5.97 Å². The molecule has 98 valence electrons. The summed E-state index contributed by atoms with van der Waals surface area (Å²) < 4.78 is 11.2. The normalized spacial score (nSPS) is 13.9. The summed E-state index contributed by atoms with van der Waals surface area (Å²) in [7, 11) is 0. The topological polar surface area (TPSA) is 55.8 Å². The third-order valence-corrected chi connectivity index (χ3v) is 3.86. The van der Waals surface area contributed by atoms with Crippen LogP contribution in [0.5, 0.6) is 11.5 Å². The van der Waals surface area contributed by atoms with Gasteiger partial charge in [-0.05, 0) is 29.8 Å². The van der Waals surface area contributed by atoms with Gasteiger partial charge in [0.05, 0.1) is 18.8 Å². The Bertz CT molecular complexity index is 618. The molecule has 0 unspecified atom stereocenters. The van der Waals surface area contributed by atoms with E-state index in [1.54, 1.807) is 11.4 Å². The van der Waals surface area contributed by atoms with Gasteiger partial charge in [-0.1, -0.05) is 0 Å². The minimum atomic E-state index is -0.906. The van der Waals surface area contributed by atoms with Crippen molar-refractivity contribution in [2.75, 3.05) is 13.2 Å². The Morgan fingerprint density at radius 2 is 1.95 bits per heavy atom. The van der Waals surface area contributed by atoms with Gasteiger partial charge in [0.2, 0.25) is 0 Å². The van der Waals surface area contributed by atoms with E-state index in [2.05, 4.69) is 0 Å². The SMILES string of the molecule is O=C(O)c1csc(-c2ccc3c(c2)OCCCO3)c1. The van der Waals surface area contributed by atoms with Crippen molar-refractivity contribution in [2.45, 2.75) is 6.42 Å². The Hall–Kier alpha value is -2.01. The van der Waals surface area contributed by atoms with Crippen LogP contribution in [0.4, 0.5) is 0 Å². The standard InChI is InChI=1S/C14H12O4S/c15-14(16)10-7-13(19-8-10)9-2-3-11-12(6-9)18-5-1-4-17-11/h2-3,6-8H,1,4-5H2,(H,15,16). The molecule has 0 saturated heterocycles. The average molecular weight is 276 g/mol. The molecule has 1 aromatic heterocycles. The van der Waals surface area contributed by atoms with Crippen molar-refractivity contribution >= 4 is 17.3 Å². The number of thiophene rings is 1. The van der Waals surface area contributed by atoms with Crippen molar-refractivity contribution in [3.05, 3.63) is 35.2 Å². The summed E-state index contributed by atoms with van der Waals surface area (Å²) >= 11 is 1.41. The van der Waals surface area contributed by atoms with Crippen molar-refractivity contribution in [3.8, 4) is 21.9 Å². The molecule has 4 nitrogen and oxygen atoms in total. The maximum atomic E-state index is 10.9. The predicted molar refractivity (Wildman–Crippen MR) is 72.3 cm³/mol. The lowest BCUT2D eigenvalue weighted by Crippen LogP contribution is -1.97. The maximum Gasteiger partial charge on any atom is 0.336 e. The second-order valence-corrected chi connectivity index (χ2v) is 5.13. The lowest BCUT2D eigenvalue weighted by molar-refractivity contribution is 0.0697. The molecule has 1 aliphatic heterocycles. The molecule has 0 fully saturated rings. The van der Waals surface area contributed by atoms with Gasteiger partial charge in [0, 0.05) is 16.7 Å². The highest BCUT2D eigenvalue weighted by Gasteiger charge is 2.13. The lowest BCUT2D eigenvalue weighted by atomic mass is 10.1. The number of hydrogen-bond acceptors (Lipinski definition) is 4. The molecule has 1 aromatic carbocycles. The first-order valence-corrected chi connectivity index (χ1v) is 6.84. The van der Waals surface area contributed by atoms with Gasteiger partial charge in [0.1, 0.15) is 0 Å². The molecular formula is C14H12O4S. The minimum absolute atomic E-state index is 0.312. The zero-order chi connectivity index (χ0) is 13.2. The third kappa shape index (κ3) is 2.42. The molecule has 2 heterocycles. The molecule has 0 radical (unpaired) electrons. The lowest BCUT2D eigenvalue weighted by Gasteiger charge is -2.08. The number of rotatable bonds is 2. The molecule has 0 aliphatic carbocycles. The Labute approximate surface area is 114 Å². The second kappa shape index (κ2) is 4.93. The van der Waals surface area contributed by atoms with Gasteiger partial charge in [-0.25, -0.2) is 4.79 Å². The van der Waals surface area contributed by atoms with E-state index in [-0.39, 0.29) is 0 Å². The van der Waals surface area contributed by atoms with Gasteiger partial charge < -0.3 is 14.6 Å². The van der Waals surface area contributed by atoms with Crippen LogP contribution in [-0.4, -0.2) is 24.3 Å². The minimum Gasteiger partial charge on any atom is -0.490 e. The van der Waals surface area contributed by atoms with Crippen LogP contribution in [0, 0.1) is 0 Å². The van der Waals surface area contributed by atoms with Crippen LogP contribution in [0.25, 0.3) is 10.4 Å². The first kappa shape index (κ1) is 12.0. The van der Waals surface area contributed by atoms with E-state index in [0.29, 0.717) is 18.8 Å². The number of aromatic carboxylic acids is 1. The molecule has 2 aromatic rings. The van der Waals surface area contributed by atoms with E-state index in [1.807, 2.05) is 18.2 Å². The molecule has 1 aliphatic rings. The van der Waals surface area contributed by atoms with E-state index in [9.17, 15) is 4.79 Å². The first-order valence-electron chi connectivity index (χ1n) is 5.96. The fourth-order valence-corrected chi connectivity index (χ4v) is 2.80. The van der Waals surface area contributed by atoms with Crippen molar-refractivity contribution in [1.82, 2.24) is 0 Å². The second-order valence-electron chi connectivity index (χ2n) is 4.22. The highest BCUT2D eigenvalue weighted by atomic mass is 32.1. The number of fused-ring (bicyclic) bond motifs is 1. The van der Waals surface area contributed by atoms with E-state index in [4.69, 9.17) is 14.6 Å². The summed E-state index contributed by atoms with van der Waals surface area (Å²) in [6.45, 7) is 1.30. The molecule has 0 spiro atoms. The summed E-state index contributed by atoms with van der Waals surface area (Å²) in [5.41, 5.74) is 1.26. The highest BCUT2D eigenvalue weighted by molar-refractivity contribution is 7.13. The summed E-state index contributed by atoms with van der Waals surface area (Å²) in [6.07, 6.45) is 0.867. The van der Waals surface area contributed by atoms with Crippen LogP contribution in [0.1, 0.15) is 16.8 Å². The van der Waals surface area contributed by atoms with Gasteiger partial charge in [0.25, 0.3) is 0 Å². The fraction of sp³-hybridized carbons (Fsp3) is 0.214. The fourth-order valence-electron chi connectivity index (χ4n) is 1.92.